The van der Waals surface area contributed by atoms with Crippen LogP contribution in [0.25, 0.3) is 0 Å². The van der Waals surface area contributed by atoms with E-state index in [1.54, 1.807) is 12.4 Å². The Bertz CT molecular complexity index is 590. The SMILES string of the molecule is O=C(CC12CC3CC(CC(C3)C1)C2)N1CC(Nc2ncccn2)C1. The quantitative estimate of drug-likeness (QED) is 0.924. The van der Waals surface area contributed by atoms with Gasteiger partial charge in [0, 0.05) is 31.9 Å². The van der Waals surface area contributed by atoms with Crippen molar-refractivity contribution in [2.75, 3.05) is 18.4 Å². The second-order valence-corrected chi connectivity index (χ2v) is 8.81. The van der Waals surface area contributed by atoms with E-state index in [1.165, 1.54) is 38.5 Å². The van der Waals surface area contributed by atoms with Gasteiger partial charge in [0.05, 0.1) is 6.04 Å². The first-order valence-electron chi connectivity index (χ1n) is 9.49. The molecule has 5 heteroatoms. The number of nitrogens with zero attached hydrogens (tertiary/aromatic N) is 3. The zero-order valence-corrected chi connectivity index (χ0v) is 14.2. The Kier molecular flexibility index (Phi) is 3.32. The van der Waals surface area contributed by atoms with E-state index >= 15 is 0 Å². The molecule has 4 aliphatic carbocycles. The molecule has 1 saturated heterocycles. The van der Waals surface area contributed by atoms with E-state index in [9.17, 15) is 4.79 Å². The molecule has 4 saturated carbocycles. The molecule has 0 unspecified atom stereocenters. The van der Waals surface area contributed by atoms with E-state index in [0.717, 1.165) is 37.3 Å². The predicted molar refractivity (Wildman–Crippen MR) is 91.2 cm³/mol. The summed E-state index contributed by atoms with van der Waals surface area (Å²) >= 11 is 0. The molecule has 24 heavy (non-hydrogen) atoms. The molecular formula is C19H26N4O. The number of likely N-dealkylation sites (tertiary alicyclic amines) is 1. The molecule has 1 aliphatic heterocycles. The summed E-state index contributed by atoms with van der Waals surface area (Å²) in [6.45, 7) is 1.59. The maximum atomic E-state index is 12.8. The highest BCUT2D eigenvalue weighted by Crippen LogP contribution is 2.61. The van der Waals surface area contributed by atoms with Crippen LogP contribution in [0, 0.1) is 23.2 Å². The van der Waals surface area contributed by atoms with Crippen LogP contribution in [0.15, 0.2) is 18.5 Å². The summed E-state index contributed by atoms with van der Waals surface area (Å²) in [6, 6.07) is 2.11. The van der Waals surface area contributed by atoms with Crippen molar-refractivity contribution in [3.63, 3.8) is 0 Å². The highest BCUT2D eigenvalue weighted by Gasteiger charge is 2.52. The third-order valence-corrected chi connectivity index (χ3v) is 6.82. The number of anilines is 1. The highest BCUT2D eigenvalue weighted by atomic mass is 16.2. The van der Waals surface area contributed by atoms with Crippen molar-refractivity contribution < 1.29 is 4.79 Å². The highest BCUT2D eigenvalue weighted by molar-refractivity contribution is 5.78. The zero-order valence-electron chi connectivity index (χ0n) is 14.2. The van der Waals surface area contributed by atoms with Gasteiger partial charge in [-0.3, -0.25) is 4.79 Å². The van der Waals surface area contributed by atoms with Gasteiger partial charge in [0.15, 0.2) is 0 Å². The summed E-state index contributed by atoms with van der Waals surface area (Å²) in [5, 5.41) is 3.31. The van der Waals surface area contributed by atoms with E-state index < -0.39 is 0 Å². The number of nitrogens with one attached hydrogen (secondary N) is 1. The van der Waals surface area contributed by atoms with E-state index in [0.29, 0.717) is 23.3 Å². The molecule has 5 fully saturated rings. The fourth-order valence-corrected chi connectivity index (χ4v) is 6.27. The lowest BCUT2D eigenvalue weighted by molar-refractivity contribution is -0.143. The monoisotopic (exact) mass is 326 g/mol. The average molecular weight is 326 g/mol. The predicted octanol–water partition coefficient (Wildman–Crippen LogP) is 2.71. The van der Waals surface area contributed by atoms with Crippen molar-refractivity contribution in [2.24, 2.45) is 23.2 Å². The summed E-state index contributed by atoms with van der Waals surface area (Å²) in [5.41, 5.74) is 0.354. The van der Waals surface area contributed by atoms with Gasteiger partial charge in [-0.1, -0.05) is 0 Å². The summed E-state index contributed by atoms with van der Waals surface area (Å²) in [5.74, 6) is 3.81. The van der Waals surface area contributed by atoms with E-state index in [4.69, 9.17) is 0 Å². The molecule has 2 heterocycles. The summed E-state index contributed by atoms with van der Waals surface area (Å²) < 4.78 is 0. The number of carbonyl (C=O) groups is 1. The molecule has 6 rings (SSSR count). The van der Waals surface area contributed by atoms with Gasteiger partial charge in [-0.25, -0.2) is 9.97 Å². The van der Waals surface area contributed by atoms with Crippen LogP contribution in [0.3, 0.4) is 0 Å². The third-order valence-electron chi connectivity index (χ3n) is 6.82. The Morgan fingerprint density at radius 3 is 2.25 bits per heavy atom. The van der Waals surface area contributed by atoms with Crippen LogP contribution in [0.4, 0.5) is 5.95 Å². The standard InChI is InChI=1S/C19H26N4O/c24-17(23-11-16(12-23)22-18-20-2-1-3-21-18)10-19-7-13-4-14(8-19)6-15(5-13)9-19/h1-3,13-16H,4-12H2,(H,20,21,22). The van der Waals surface area contributed by atoms with Crippen LogP contribution in [-0.4, -0.2) is 39.9 Å². The van der Waals surface area contributed by atoms with Crippen LogP contribution in [-0.2, 0) is 4.79 Å². The average Bonchev–Trinajstić information content (AvgIpc) is 2.49. The fraction of sp³-hybridized carbons (Fsp3) is 0.737. The van der Waals surface area contributed by atoms with Crippen molar-refractivity contribution in [3.05, 3.63) is 18.5 Å². The van der Waals surface area contributed by atoms with Crippen LogP contribution in [0.5, 0.6) is 0 Å². The van der Waals surface area contributed by atoms with Crippen molar-refractivity contribution in [1.29, 1.82) is 0 Å². The van der Waals surface area contributed by atoms with Crippen molar-refractivity contribution in [3.8, 4) is 0 Å². The van der Waals surface area contributed by atoms with E-state index in [-0.39, 0.29) is 0 Å². The lowest BCUT2D eigenvalue weighted by atomic mass is 9.49. The molecule has 5 nitrogen and oxygen atoms in total. The number of hydrogen-bond donors (Lipinski definition) is 1. The number of aromatic nitrogens is 2. The fourth-order valence-electron chi connectivity index (χ4n) is 6.27. The largest absolute Gasteiger partial charge is 0.348 e. The van der Waals surface area contributed by atoms with Gasteiger partial charge < -0.3 is 10.2 Å². The zero-order chi connectivity index (χ0) is 16.1. The molecule has 1 amide bonds. The number of hydrogen-bond acceptors (Lipinski definition) is 4. The molecule has 128 valence electrons. The Morgan fingerprint density at radius 1 is 1.08 bits per heavy atom. The van der Waals surface area contributed by atoms with Crippen molar-refractivity contribution in [2.45, 2.75) is 51.0 Å². The van der Waals surface area contributed by atoms with Gasteiger partial charge in [-0.15, -0.1) is 0 Å². The maximum Gasteiger partial charge on any atom is 0.223 e. The van der Waals surface area contributed by atoms with E-state index in [1.807, 2.05) is 11.0 Å². The van der Waals surface area contributed by atoms with Crippen LogP contribution < -0.4 is 5.32 Å². The van der Waals surface area contributed by atoms with Gasteiger partial charge in [-0.2, -0.15) is 0 Å². The maximum absolute atomic E-state index is 12.8. The molecule has 5 aliphatic rings. The molecule has 0 spiro atoms. The molecule has 1 aromatic heterocycles. The topological polar surface area (TPSA) is 58.1 Å². The summed E-state index contributed by atoms with van der Waals surface area (Å²) in [4.78, 5) is 23.2. The van der Waals surface area contributed by atoms with Gasteiger partial charge in [0.1, 0.15) is 0 Å². The third kappa shape index (κ3) is 2.58. The Labute approximate surface area is 143 Å². The van der Waals surface area contributed by atoms with Crippen LogP contribution in [0.2, 0.25) is 0 Å². The smallest absolute Gasteiger partial charge is 0.223 e. The minimum absolute atomic E-state index is 0.299. The Morgan fingerprint density at radius 2 is 1.67 bits per heavy atom. The Balaban J connectivity index is 1.16. The second kappa shape index (κ2) is 5.43. The van der Waals surface area contributed by atoms with Crippen molar-refractivity contribution >= 4 is 11.9 Å². The normalized spacial score (nSPS) is 37.3. The minimum Gasteiger partial charge on any atom is -0.348 e. The Hall–Kier alpha value is -1.65. The van der Waals surface area contributed by atoms with Gasteiger partial charge in [-0.05, 0) is 67.8 Å². The molecule has 0 radical (unpaired) electrons. The number of rotatable bonds is 4. The molecular weight excluding hydrogens is 300 g/mol. The second-order valence-electron chi connectivity index (χ2n) is 8.81. The van der Waals surface area contributed by atoms with Crippen LogP contribution >= 0.6 is 0 Å². The first kappa shape index (κ1) is 14.7. The number of carbonyl (C=O) groups excluding carboxylic acids is 1. The minimum atomic E-state index is 0.299. The first-order chi connectivity index (χ1) is 11.7. The van der Waals surface area contributed by atoms with E-state index in [2.05, 4.69) is 15.3 Å². The lowest BCUT2D eigenvalue weighted by Crippen LogP contribution is -2.58. The van der Waals surface area contributed by atoms with Gasteiger partial charge in [0.25, 0.3) is 0 Å². The lowest BCUT2D eigenvalue weighted by Gasteiger charge is -2.57. The molecule has 1 N–H and O–H groups in total. The van der Waals surface area contributed by atoms with Gasteiger partial charge >= 0.3 is 0 Å². The summed E-state index contributed by atoms with van der Waals surface area (Å²) in [7, 11) is 0. The molecule has 0 atom stereocenters. The molecule has 0 aromatic carbocycles. The first-order valence-corrected chi connectivity index (χ1v) is 9.49. The number of amides is 1. The molecule has 4 bridgehead atoms. The molecule has 1 aromatic rings. The van der Waals surface area contributed by atoms with Gasteiger partial charge in [0.2, 0.25) is 11.9 Å². The summed E-state index contributed by atoms with van der Waals surface area (Å²) in [6.07, 6.45) is 12.6. The van der Waals surface area contributed by atoms with Crippen molar-refractivity contribution in [1.82, 2.24) is 14.9 Å². The van der Waals surface area contributed by atoms with Crippen LogP contribution in [0.1, 0.15) is 44.9 Å².